The van der Waals surface area contributed by atoms with Crippen LogP contribution in [-0.2, 0) is 0 Å². The van der Waals surface area contributed by atoms with Crippen LogP contribution in [0, 0.1) is 17.2 Å². The van der Waals surface area contributed by atoms with Crippen LogP contribution >= 0.6 is 0 Å². The van der Waals surface area contributed by atoms with Crippen molar-refractivity contribution in [1.29, 1.82) is 5.26 Å². The van der Waals surface area contributed by atoms with E-state index in [0.717, 1.165) is 0 Å². The Balaban J connectivity index is 3.07. The molecule has 0 N–H and O–H groups in total. The standard InChI is InChI=1S/C2H5B2N2/c3-1-6-4-2-5/h4H2,3H3/q-1. The number of rotatable bonds is 0. The summed E-state index contributed by atoms with van der Waals surface area (Å²) >= 11 is 0. The predicted molar refractivity (Wildman–Crippen MR) is 31.3 cm³/mol. The molecule has 0 aliphatic rings. The fourth-order valence-electron chi connectivity index (χ4n) is 0.0500. The van der Waals surface area contributed by atoms with E-state index in [1.165, 1.54) is 0 Å². The Kier molecular flexibility index (Phi) is 3.50. The summed E-state index contributed by atoms with van der Waals surface area (Å²) in [6.07, 6.45) is 0. The first-order valence-corrected chi connectivity index (χ1v) is 1.39. The van der Waals surface area contributed by atoms with Crippen LogP contribution < -0.4 is 0 Å². The van der Waals surface area contributed by atoms with Crippen LogP contribution in [0.4, 0.5) is 0 Å². The van der Waals surface area contributed by atoms with Crippen LogP contribution in [0.15, 0.2) is 0 Å². The summed E-state index contributed by atoms with van der Waals surface area (Å²) in [5, 5.41) is 7.90. The Morgan fingerprint density at radius 2 is 2.50 bits per heavy atom. The minimum absolute atomic E-state index is 0.204. The van der Waals surface area contributed by atoms with Gasteiger partial charge in [0, 0.05) is 0 Å². The van der Waals surface area contributed by atoms with Crippen molar-refractivity contribution in [2.45, 2.75) is 0 Å². The molecule has 0 atom stereocenters. The highest BCUT2D eigenvalue weighted by Crippen LogP contribution is 1.52. The zero-order valence-corrected chi connectivity index (χ0v) is 2.89. The van der Waals surface area contributed by atoms with Crippen LogP contribution in [0.5, 0.6) is 0 Å². The summed E-state index contributed by atoms with van der Waals surface area (Å²) in [6.45, 7) is 0. The Hall–Kier alpha value is -0.890. The molecule has 30 valence electrons. The Bertz CT molecular complexity index is 114. The largest absolute Gasteiger partial charge is 0.462 e. The highest BCUT2D eigenvalue weighted by molar-refractivity contribution is 6.50. The monoisotopic (exact) mass is 79.1 g/mol. The third-order valence-electron chi connectivity index (χ3n) is 0.212. The van der Waals surface area contributed by atoms with Gasteiger partial charge in [-0.15, -0.1) is 0 Å². The molecule has 0 aromatic heterocycles. The maximum absolute atomic E-state index is 7.90. The highest BCUT2D eigenvalue weighted by Gasteiger charge is 1.68. The van der Waals surface area contributed by atoms with E-state index in [4.69, 9.17) is 5.26 Å². The maximum Gasteiger partial charge on any atom is 0.462 e. The summed E-state index contributed by atoms with van der Waals surface area (Å²) in [4.78, 5) is 0. The SMILES string of the molecule is [BH3-]C#[N+][BH2-]C#N. The molecule has 0 fully saturated rings. The first-order chi connectivity index (χ1) is 2.91. The Morgan fingerprint density at radius 1 is 1.83 bits per heavy atom. The van der Waals surface area contributed by atoms with Crippen molar-refractivity contribution in [3.05, 3.63) is 4.76 Å². The number of nitriles is 1. The van der Waals surface area contributed by atoms with Gasteiger partial charge in [0.15, 0.2) is 0 Å². The molecule has 0 rings (SSSR count). The van der Waals surface area contributed by atoms with Crippen molar-refractivity contribution >= 4 is 15.3 Å². The second-order valence-electron chi connectivity index (χ2n) is 0.671. The van der Waals surface area contributed by atoms with Crippen LogP contribution in [0.2, 0.25) is 0 Å². The summed E-state index contributed by atoms with van der Waals surface area (Å²) < 4.78 is 3.72. The van der Waals surface area contributed by atoms with Gasteiger partial charge < -0.3 is 4.76 Å². The normalized spacial score (nSPS) is 4.67. The van der Waals surface area contributed by atoms with E-state index in [1.54, 1.807) is 0 Å². The average molecular weight is 78.7 g/mol. The molecule has 0 radical (unpaired) electrons. The van der Waals surface area contributed by atoms with E-state index in [0.29, 0.717) is 0 Å². The van der Waals surface area contributed by atoms with Crippen molar-refractivity contribution < 1.29 is 0 Å². The molecule has 0 aliphatic heterocycles. The summed E-state index contributed by atoms with van der Waals surface area (Å²) in [6, 6.07) is 0. The van der Waals surface area contributed by atoms with Crippen LogP contribution in [0.1, 0.15) is 0 Å². The summed E-state index contributed by atoms with van der Waals surface area (Å²) in [5.41, 5.74) is 0. The van der Waals surface area contributed by atoms with Gasteiger partial charge in [0.05, 0.1) is 0 Å². The maximum atomic E-state index is 7.90. The molecule has 0 saturated heterocycles. The fourth-order valence-corrected chi connectivity index (χ4v) is 0.0500. The zero-order valence-electron chi connectivity index (χ0n) is 2.89. The molecule has 0 aliphatic carbocycles. The molecule has 0 unspecified atom stereocenters. The van der Waals surface area contributed by atoms with Gasteiger partial charge in [-0.25, -0.2) is 5.26 Å². The van der Waals surface area contributed by atoms with E-state index >= 15 is 0 Å². The van der Waals surface area contributed by atoms with Crippen molar-refractivity contribution in [3.63, 3.8) is 0 Å². The number of hydrogen-bond donors (Lipinski definition) is 0. The molecule has 2 nitrogen and oxygen atoms in total. The molecule has 0 saturated carbocycles. The van der Waals surface area contributed by atoms with Crippen molar-refractivity contribution in [1.82, 2.24) is 0 Å². The molecule has 0 bridgehead atoms. The summed E-state index contributed by atoms with van der Waals surface area (Å²) in [7, 11) is -0.393. The van der Waals surface area contributed by atoms with Crippen LogP contribution in [-0.4, -0.2) is 15.3 Å². The fraction of sp³-hybridized carbons (Fsp3) is 0. The first-order valence-electron chi connectivity index (χ1n) is 1.39. The molecule has 0 aromatic rings. The third-order valence-corrected chi connectivity index (χ3v) is 0.212. The predicted octanol–water partition coefficient (Wildman–Crippen LogP) is -1.79. The lowest BCUT2D eigenvalue weighted by molar-refractivity contribution is 1.56. The summed E-state index contributed by atoms with van der Waals surface area (Å²) in [5.74, 6) is 4.78. The molecule has 4 heteroatoms. The molecular formula is C2H5B2N2-. The van der Waals surface area contributed by atoms with E-state index in [1.807, 2.05) is 5.97 Å². The van der Waals surface area contributed by atoms with E-state index < -0.39 is 7.41 Å². The first kappa shape index (κ1) is 5.11. The minimum Gasteiger partial charge on any atom is -0.384 e. The van der Waals surface area contributed by atoms with Gasteiger partial charge in [-0.3, -0.25) is 0 Å². The smallest absolute Gasteiger partial charge is 0.384 e. The average Bonchev–Trinajstić information content (AvgIpc) is 1.61. The number of hydrogen-bond acceptors (Lipinski definition) is 1. The topological polar surface area (TPSA) is 28.1 Å². The minimum atomic E-state index is -0.597. The lowest BCUT2D eigenvalue weighted by atomic mass is 10.0. The van der Waals surface area contributed by atoms with Gasteiger partial charge in [0.25, 0.3) is 0 Å². The molecule has 0 heterocycles. The van der Waals surface area contributed by atoms with Gasteiger partial charge in [0.1, 0.15) is 7.85 Å². The van der Waals surface area contributed by atoms with Crippen molar-refractivity contribution in [2.24, 2.45) is 0 Å². The van der Waals surface area contributed by atoms with Crippen molar-refractivity contribution in [2.75, 3.05) is 0 Å². The lowest BCUT2D eigenvalue weighted by Crippen LogP contribution is -1.68. The van der Waals surface area contributed by atoms with Crippen LogP contribution in [0.3, 0.4) is 0 Å². The Morgan fingerprint density at radius 3 is 2.67 bits per heavy atom. The highest BCUT2D eigenvalue weighted by atomic mass is 14.5. The van der Waals surface area contributed by atoms with Gasteiger partial charge in [-0.2, -0.15) is 0 Å². The molecule has 6 heavy (non-hydrogen) atoms. The lowest BCUT2D eigenvalue weighted by Gasteiger charge is -1.56. The van der Waals surface area contributed by atoms with Crippen LogP contribution in [0.25, 0.3) is 4.76 Å². The van der Waals surface area contributed by atoms with E-state index in [-0.39, 0.29) is 7.85 Å². The zero-order chi connectivity index (χ0) is 4.83. The molecule has 0 aromatic carbocycles. The van der Waals surface area contributed by atoms with Gasteiger partial charge in [-0.05, 0) is 0 Å². The third kappa shape index (κ3) is 3.11. The van der Waals surface area contributed by atoms with E-state index in [2.05, 4.69) is 10.7 Å². The van der Waals surface area contributed by atoms with Gasteiger partial charge in [0.2, 0.25) is 0 Å². The van der Waals surface area contributed by atoms with Crippen molar-refractivity contribution in [3.8, 4) is 11.9 Å². The Labute approximate surface area is 38.3 Å². The number of nitrogens with zero attached hydrogens (tertiary/aromatic N) is 2. The van der Waals surface area contributed by atoms with Gasteiger partial charge in [-0.1, -0.05) is 11.9 Å². The quantitative estimate of drug-likeness (QED) is 0.315. The van der Waals surface area contributed by atoms with E-state index in [9.17, 15) is 0 Å². The molecule has 0 spiro atoms. The second-order valence-corrected chi connectivity index (χ2v) is 0.671. The van der Waals surface area contributed by atoms with Gasteiger partial charge >= 0.3 is 7.41 Å². The molecular weight excluding hydrogens is 73.7 g/mol. The second kappa shape index (κ2) is 4.11. The molecule has 0 amide bonds.